The molecule has 0 bridgehead atoms. The Morgan fingerprint density at radius 2 is 1.94 bits per heavy atom. The van der Waals surface area contributed by atoms with E-state index in [1.54, 1.807) is 6.07 Å². The van der Waals surface area contributed by atoms with Gasteiger partial charge in [-0.05, 0) is 30.7 Å². The summed E-state index contributed by atoms with van der Waals surface area (Å²) in [6.45, 7) is 2.24. The van der Waals surface area contributed by atoms with Gasteiger partial charge in [0.05, 0.1) is 0 Å². The van der Waals surface area contributed by atoms with Crippen molar-refractivity contribution in [2.24, 2.45) is 0 Å². The topological polar surface area (TPSA) is 12.0 Å². The molecule has 0 saturated carbocycles. The lowest BCUT2D eigenvalue weighted by molar-refractivity contribution is 0.500. The summed E-state index contributed by atoms with van der Waals surface area (Å²) in [7, 11) is 0. The second-order valence-electron chi connectivity index (χ2n) is 4.03. The first kappa shape index (κ1) is 13.0. The van der Waals surface area contributed by atoms with Crippen molar-refractivity contribution < 1.29 is 8.78 Å². The molecule has 0 aromatic heterocycles. The molecule has 0 saturated heterocycles. The van der Waals surface area contributed by atoms with E-state index in [1.165, 1.54) is 6.07 Å². The van der Waals surface area contributed by atoms with Gasteiger partial charge in [0.2, 0.25) is 0 Å². The summed E-state index contributed by atoms with van der Waals surface area (Å²) in [4.78, 5) is 0. The molecule has 94 valence electrons. The van der Waals surface area contributed by atoms with Gasteiger partial charge in [-0.3, -0.25) is 0 Å². The van der Waals surface area contributed by atoms with Gasteiger partial charge < -0.3 is 5.32 Å². The van der Waals surface area contributed by atoms with E-state index in [-0.39, 0.29) is 6.54 Å². The third-order valence-electron chi connectivity index (χ3n) is 2.69. The average Bonchev–Trinajstić information content (AvgIpc) is 2.35. The minimum absolute atomic E-state index is 0.249. The maximum absolute atomic E-state index is 13.4. The van der Waals surface area contributed by atoms with Crippen LogP contribution in [0.1, 0.15) is 11.1 Å². The first-order chi connectivity index (χ1) is 8.58. The molecule has 0 amide bonds. The van der Waals surface area contributed by atoms with Gasteiger partial charge in [-0.15, -0.1) is 0 Å². The Morgan fingerprint density at radius 3 is 2.67 bits per heavy atom. The molecule has 0 heterocycles. The van der Waals surface area contributed by atoms with Crippen LogP contribution in [0, 0.1) is 18.6 Å². The molecule has 2 aromatic rings. The predicted octanol–water partition coefficient (Wildman–Crippen LogP) is 4.65. The Hall–Kier alpha value is -1.42. The number of nitrogens with one attached hydrogen (secondary N) is 1. The Bertz CT molecular complexity index is 570. The van der Waals surface area contributed by atoms with Gasteiger partial charge in [0, 0.05) is 22.3 Å². The van der Waals surface area contributed by atoms with Crippen LogP contribution >= 0.6 is 15.9 Å². The molecule has 2 rings (SSSR count). The van der Waals surface area contributed by atoms with Crippen molar-refractivity contribution in [3.63, 3.8) is 0 Å². The van der Waals surface area contributed by atoms with Crippen LogP contribution in [0.3, 0.4) is 0 Å². The summed E-state index contributed by atoms with van der Waals surface area (Å²) in [5.74, 6) is -1.62. The first-order valence-electron chi connectivity index (χ1n) is 5.51. The monoisotopic (exact) mass is 311 g/mol. The fraction of sp³-hybridized carbons (Fsp3) is 0.143. The van der Waals surface area contributed by atoms with Crippen LogP contribution in [0.2, 0.25) is 0 Å². The van der Waals surface area contributed by atoms with Crippen molar-refractivity contribution in [2.45, 2.75) is 13.5 Å². The fourth-order valence-electron chi connectivity index (χ4n) is 1.59. The number of aryl methyl sites for hydroxylation is 1. The van der Waals surface area contributed by atoms with Gasteiger partial charge in [-0.1, -0.05) is 34.1 Å². The van der Waals surface area contributed by atoms with Crippen LogP contribution in [0.5, 0.6) is 0 Å². The highest BCUT2D eigenvalue weighted by Gasteiger charge is 2.07. The molecule has 0 atom stereocenters. The van der Waals surface area contributed by atoms with E-state index in [4.69, 9.17) is 0 Å². The highest BCUT2D eigenvalue weighted by Crippen LogP contribution is 2.21. The summed E-state index contributed by atoms with van der Waals surface area (Å²) in [5.41, 5.74) is 2.29. The van der Waals surface area contributed by atoms with Crippen LogP contribution in [-0.2, 0) is 6.54 Å². The number of halogens is 3. The van der Waals surface area contributed by atoms with Crippen molar-refractivity contribution in [1.29, 1.82) is 0 Å². The molecular weight excluding hydrogens is 300 g/mol. The van der Waals surface area contributed by atoms with Crippen molar-refractivity contribution in [3.8, 4) is 0 Å². The molecule has 1 nitrogen and oxygen atoms in total. The number of hydrogen-bond donors (Lipinski definition) is 1. The van der Waals surface area contributed by atoms with Gasteiger partial charge in [0.15, 0.2) is 11.6 Å². The smallest absolute Gasteiger partial charge is 0.163 e. The summed E-state index contributed by atoms with van der Waals surface area (Å²) < 4.78 is 27.4. The standard InChI is InChI=1S/C14H12BrF2N/c1-9-5-6-11(7-12(9)15)18-8-10-3-2-4-13(16)14(10)17/h2-7,18H,8H2,1H3. The minimum atomic E-state index is -0.820. The van der Waals surface area contributed by atoms with E-state index in [0.717, 1.165) is 21.8 Å². The first-order valence-corrected chi connectivity index (χ1v) is 6.30. The van der Waals surface area contributed by atoms with Gasteiger partial charge >= 0.3 is 0 Å². The quantitative estimate of drug-likeness (QED) is 0.870. The number of benzene rings is 2. The zero-order chi connectivity index (χ0) is 13.1. The van der Waals surface area contributed by atoms with E-state index in [9.17, 15) is 8.78 Å². The van der Waals surface area contributed by atoms with E-state index in [1.807, 2.05) is 25.1 Å². The van der Waals surface area contributed by atoms with Crippen molar-refractivity contribution in [1.82, 2.24) is 0 Å². The Morgan fingerprint density at radius 1 is 1.17 bits per heavy atom. The van der Waals surface area contributed by atoms with Crippen molar-refractivity contribution in [3.05, 3.63) is 63.6 Å². The molecule has 18 heavy (non-hydrogen) atoms. The van der Waals surface area contributed by atoms with Crippen LogP contribution in [0.15, 0.2) is 40.9 Å². The normalized spacial score (nSPS) is 10.4. The third-order valence-corrected chi connectivity index (χ3v) is 3.54. The maximum atomic E-state index is 13.4. The highest BCUT2D eigenvalue weighted by atomic mass is 79.9. The van der Waals surface area contributed by atoms with E-state index in [2.05, 4.69) is 21.2 Å². The Labute approximate surface area is 113 Å². The molecule has 0 spiro atoms. The molecule has 4 heteroatoms. The number of hydrogen-bond acceptors (Lipinski definition) is 1. The summed E-state index contributed by atoms with van der Waals surface area (Å²) in [6, 6.07) is 9.94. The molecule has 2 aromatic carbocycles. The fourth-order valence-corrected chi connectivity index (χ4v) is 1.96. The molecule has 0 aliphatic rings. The third kappa shape index (κ3) is 2.88. The molecule has 0 unspecified atom stereocenters. The van der Waals surface area contributed by atoms with Crippen LogP contribution in [0.4, 0.5) is 14.5 Å². The van der Waals surface area contributed by atoms with E-state index in [0.29, 0.717) is 5.56 Å². The molecule has 0 aliphatic carbocycles. The molecule has 0 aliphatic heterocycles. The zero-order valence-electron chi connectivity index (χ0n) is 9.81. The van der Waals surface area contributed by atoms with E-state index < -0.39 is 11.6 Å². The SMILES string of the molecule is Cc1ccc(NCc2cccc(F)c2F)cc1Br. The predicted molar refractivity (Wildman–Crippen MR) is 72.6 cm³/mol. The number of anilines is 1. The van der Waals surface area contributed by atoms with Crippen LogP contribution in [-0.4, -0.2) is 0 Å². The number of rotatable bonds is 3. The lowest BCUT2D eigenvalue weighted by atomic mass is 10.2. The average molecular weight is 312 g/mol. The molecular formula is C14H12BrF2N. The van der Waals surface area contributed by atoms with E-state index >= 15 is 0 Å². The lowest BCUT2D eigenvalue weighted by Gasteiger charge is -2.09. The Balaban J connectivity index is 2.11. The van der Waals surface area contributed by atoms with Gasteiger partial charge in [-0.2, -0.15) is 0 Å². The summed E-state index contributed by atoms with van der Waals surface area (Å²) in [6.07, 6.45) is 0. The van der Waals surface area contributed by atoms with Crippen LogP contribution in [0.25, 0.3) is 0 Å². The zero-order valence-corrected chi connectivity index (χ0v) is 11.4. The lowest BCUT2D eigenvalue weighted by Crippen LogP contribution is -2.03. The highest BCUT2D eigenvalue weighted by molar-refractivity contribution is 9.10. The maximum Gasteiger partial charge on any atom is 0.163 e. The van der Waals surface area contributed by atoms with Crippen LogP contribution < -0.4 is 5.32 Å². The van der Waals surface area contributed by atoms with Gasteiger partial charge in [0.1, 0.15) is 0 Å². The molecule has 0 fully saturated rings. The second kappa shape index (κ2) is 5.48. The molecule has 0 radical (unpaired) electrons. The minimum Gasteiger partial charge on any atom is -0.381 e. The Kier molecular flexibility index (Phi) is 3.97. The summed E-state index contributed by atoms with van der Waals surface area (Å²) in [5, 5.41) is 3.06. The van der Waals surface area contributed by atoms with Crippen molar-refractivity contribution >= 4 is 21.6 Å². The second-order valence-corrected chi connectivity index (χ2v) is 4.88. The van der Waals surface area contributed by atoms with Gasteiger partial charge in [-0.25, -0.2) is 8.78 Å². The van der Waals surface area contributed by atoms with Gasteiger partial charge in [0.25, 0.3) is 0 Å². The molecule has 1 N–H and O–H groups in total. The summed E-state index contributed by atoms with van der Waals surface area (Å²) >= 11 is 3.42. The largest absolute Gasteiger partial charge is 0.381 e. The van der Waals surface area contributed by atoms with Crippen molar-refractivity contribution in [2.75, 3.05) is 5.32 Å².